The minimum absolute atomic E-state index is 0.699. The number of benzene rings is 1. The van der Waals surface area contributed by atoms with Gasteiger partial charge in [0.05, 0.1) is 12.7 Å². The number of rotatable bonds is 5. The molecule has 8 heteroatoms. The summed E-state index contributed by atoms with van der Waals surface area (Å²) in [4.78, 5) is 0. The number of aromatic nitrogens is 7. The topological polar surface area (TPSA) is 85.8 Å². The third-order valence-corrected chi connectivity index (χ3v) is 3.41. The van der Waals surface area contributed by atoms with Gasteiger partial charge in [0.1, 0.15) is 5.82 Å². The minimum atomic E-state index is 0.699. The Hall–Kier alpha value is -3.29. The van der Waals surface area contributed by atoms with Gasteiger partial charge in [-0.05, 0) is 12.1 Å². The molecule has 0 unspecified atom stereocenters. The molecule has 23 heavy (non-hydrogen) atoms. The summed E-state index contributed by atoms with van der Waals surface area (Å²) in [6, 6.07) is 13.7. The maximum Gasteiger partial charge on any atom is 0.185 e. The average Bonchev–Trinajstić information content (AvgIpc) is 3.25. The summed E-state index contributed by atoms with van der Waals surface area (Å²) in [5.74, 6) is 1.48. The van der Waals surface area contributed by atoms with Gasteiger partial charge in [0.25, 0.3) is 0 Å². The number of fused-ring (bicyclic) bond motifs is 1. The zero-order valence-electron chi connectivity index (χ0n) is 12.2. The zero-order chi connectivity index (χ0) is 15.5. The van der Waals surface area contributed by atoms with E-state index in [9.17, 15) is 0 Å². The standard InChI is InChI=1S/C15H14N8/c1-2-4-12(5-3-1)15-19-18-14-7-6-13(20-23(14)15)16-8-10-22-11-9-17-21-22/h1-7,9,11H,8,10H2,(H,16,20). The first kappa shape index (κ1) is 13.4. The van der Waals surface area contributed by atoms with Crippen molar-refractivity contribution < 1.29 is 0 Å². The van der Waals surface area contributed by atoms with Gasteiger partial charge in [0, 0.05) is 18.3 Å². The highest BCUT2D eigenvalue weighted by molar-refractivity contribution is 5.59. The van der Waals surface area contributed by atoms with Gasteiger partial charge in [-0.25, -0.2) is 0 Å². The smallest absolute Gasteiger partial charge is 0.185 e. The molecule has 0 spiro atoms. The lowest BCUT2D eigenvalue weighted by molar-refractivity contribution is 0.608. The van der Waals surface area contributed by atoms with Gasteiger partial charge in [-0.2, -0.15) is 4.52 Å². The number of hydrogen-bond acceptors (Lipinski definition) is 6. The molecule has 0 aliphatic carbocycles. The van der Waals surface area contributed by atoms with Crippen LogP contribution in [-0.4, -0.2) is 41.4 Å². The van der Waals surface area contributed by atoms with Crippen LogP contribution in [0.3, 0.4) is 0 Å². The number of nitrogens with zero attached hydrogens (tertiary/aromatic N) is 7. The number of anilines is 1. The molecule has 0 aliphatic rings. The van der Waals surface area contributed by atoms with Crippen molar-refractivity contribution in [3.05, 3.63) is 54.9 Å². The van der Waals surface area contributed by atoms with Crippen LogP contribution >= 0.6 is 0 Å². The molecule has 1 aromatic carbocycles. The highest BCUT2D eigenvalue weighted by Gasteiger charge is 2.09. The van der Waals surface area contributed by atoms with Crippen LogP contribution in [0.2, 0.25) is 0 Å². The Kier molecular flexibility index (Phi) is 3.39. The Morgan fingerprint density at radius 1 is 1.00 bits per heavy atom. The van der Waals surface area contributed by atoms with E-state index in [2.05, 4.69) is 30.9 Å². The third-order valence-electron chi connectivity index (χ3n) is 3.41. The highest BCUT2D eigenvalue weighted by atomic mass is 15.4. The van der Waals surface area contributed by atoms with E-state index in [1.54, 1.807) is 15.4 Å². The molecule has 114 valence electrons. The van der Waals surface area contributed by atoms with Crippen molar-refractivity contribution in [2.24, 2.45) is 0 Å². The van der Waals surface area contributed by atoms with Gasteiger partial charge in [-0.15, -0.1) is 20.4 Å². The normalized spacial score (nSPS) is 11.0. The molecule has 0 amide bonds. The van der Waals surface area contributed by atoms with Crippen LogP contribution in [0, 0.1) is 0 Å². The first-order valence-electron chi connectivity index (χ1n) is 7.26. The fourth-order valence-corrected chi connectivity index (χ4v) is 2.30. The molecule has 0 saturated carbocycles. The maximum atomic E-state index is 4.57. The highest BCUT2D eigenvalue weighted by Crippen LogP contribution is 2.17. The van der Waals surface area contributed by atoms with Gasteiger partial charge < -0.3 is 5.32 Å². The van der Waals surface area contributed by atoms with Gasteiger partial charge in [0.2, 0.25) is 0 Å². The first-order valence-corrected chi connectivity index (χ1v) is 7.26. The van der Waals surface area contributed by atoms with Gasteiger partial charge >= 0.3 is 0 Å². The number of nitrogens with one attached hydrogen (secondary N) is 1. The van der Waals surface area contributed by atoms with E-state index >= 15 is 0 Å². The van der Waals surface area contributed by atoms with E-state index in [1.807, 2.05) is 48.7 Å². The molecule has 0 saturated heterocycles. The summed E-state index contributed by atoms with van der Waals surface area (Å²) in [7, 11) is 0. The van der Waals surface area contributed by atoms with E-state index in [1.165, 1.54) is 0 Å². The molecule has 3 aromatic heterocycles. The Morgan fingerprint density at radius 2 is 1.91 bits per heavy atom. The van der Waals surface area contributed by atoms with Crippen LogP contribution < -0.4 is 5.32 Å². The SMILES string of the molecule is c1ccc(-c2nnc3ccc(NCCn4ccnn4)nn23)cc1. The monoisotopic (exact) mass is 306 g/mol. The van der Waals surface area contributed by atoms with Crippen molar-refractivity contribution in [3.63, 3.8) is 0 Å². The molecule has 4 aromatic rings. The van der Waals surface area contributed by atoms with E-state index < -0.39 is 0 Å². The Bertz CT molecular complexity index is 898. The van der Waals surface area contributed by atoms with Crippen LogP contribution in [0.25, 0.3) is 17.0 Å². The second-order valence-corrected chi connectivity index (χ2v) is 4.97. The van der Waals surface area contributed by atoms with Gasteiger partial charge in [-0.1, -0.05) is 35.5 Å². The molecule has 0 atom stereocenters. The molecule has 1 N–H and O–H groups in total. The van der Waals surface area contributed by atoms with Crippen LogP contribution in [0.5, 0.6) is 0 Å². The minimum Gasteiger partial charge on any atom is -0.367 e. The molecule has 3 heterocycles. The predicted octanol–water partition coefficient (Wildman–Crippen LogP) is 1.49. The Morgan fingerprint density at radius 3 is 2.74 bits per heavy atom. The summed E-state index contributed by atoms with van der Waals surface area (Å²) >= 11 is 0. The molecule has 4 rings (SSSR count). The third kappa shape index (κ3) is 2.73. The zero-order valence-corrected chi connectivity index (χ0v) is 12.2. The molecule has 8 nitrogen and oxygen atoms in total. The molecule has 0 aliphatic heterocycles. The maximum absolute atomic E-state index is 4.57. The van der Waals surface area contributed by atoms with Crippen LogP contribution in [0.4, 0.5) is 5.82 Å². The van der Waals surface area contributed by atoms with Gasteiger partial charge in [-0.3, -0.25) is 4.68 Å². The van der Waals surface area contributed by atoms with Gasteiger partial charge in [0.15, 0.2) is 11.5 Å². The lowest BCUT2D eigenvalue weighted by Crippen LogP contribution is -2.12. The van der Waals surface area contributed by atoms with Crippen molar-refractivity contribution in [2.75, 3.05) is 11.9 Å². The van der Waals surface area contributed by atoms with E-state index in [0.29, 0.717) is 18.7 Å². The summed E-state index contributed by atoms with van der Waals surface area (Å²) in [5.41, 5.74) is 1.69. The van der Waals surface area contributed by atoms with E-state index in [-0.39, 0.29) is 0 Å². The lowest BCUT2D eigenvalue weighted by Gasteiger charge is -2.06. The summed E-state index contributed by atoms with van der Waals surface area (Å²) < 4.78 is 3.51. The molecule has 0 radical (unpaired) electrons. The quantitative estimate of drug-likeness (QED) is 0.601. The van der Waals surface area contributed by atoms with Crippen LogP contribution in [0.1, 0.15) is 0 Å². The summed E-state index contributed by atoms with van der Waals surface area (Å²) in [6.07, 6.45) is 3.49. The fourth-order valence-electron chi connectivity index (χ4n) is 2.30. The second-order valence-electron chi connectivity index (χ2n) is 4.97. The van der Waals surface area contributed by atoms with Crippen molar-refractivity contribution in [1.82, 2.24) is 34.8 Å². The average molecular weight is 306 g/mol. The van der Waals surface area contributed by atoms with Crippen molar-refractivity contribution >= 4 is 11.5 Å². The summed E-state index contributed by atoms with van der Waals surface area (Å²) in [6.45, 7) is 1.41. The van der Waals surface area contributed by atoms with Crippen LogP contribution in [0.15, 0.2) is 54.9 Å². The van der Waals surface area contributed by atoms with Crippen molar-refractivity contribution in [3.8, 4) is 11.4 Å². The Labute approximate surface area is 131 Å². The molecular weight excluding hydrogens is 292 g/mol. The van der Waals surface area contributed by atoms with Crippen LogP contribution in [-0.2, 0) is 6.54 Å². The van der Waals surface area contributed by atoms with E-state index in [0.717, 1.165) is 17.2 Å². The van der Waals surface area contributed by atoms with Crippen molar-refractivity contribution in [2.45, 2.75) is 6.54 Å². The van der Waals surface area contributed by atoms with E-state index in [4.69, 9.17) is 0 Å². The Balaban J connectivity index is 1.57. The number of hydrogen-bond donors (Lipinski definition) is 1. The summed E-state index contributed by atoms with van der Waals surface area (Å²) in [5, 5.41) is 23.9. The molecular formula is C15H14N8. The second kappa shape index (κ2) is 5.84. The lowest BCUT2D eigenvalue weighted by atomic mass is 10.2. The first-order chi connectivity index (χ1) is 11.4. The fraction of sp³-hybridized carbons (Fsp3) is 0.133. The predicted molar refractivity (Wildman–Crippen MR) is 84.7 cm³/mol. The molecule has 0 fully saturated rings. The molecule has 0 bridgehead atoms. The van der Waals surface area contributed by atoms with Crippen molar-refractivity contribution in [1.29, 1.82) is 0 Å². The largest absolute Gasteiger partial charge is 0.367 e.